The van der Waals surface area contributed by atoms with E-state index in [1.165, 1.54) is 42.5 Å². The van der Waals surface area contributed by atoms with E-state index in [0.717, 1.165) is 17.4 Å². The zero-order chi connectivity index (χ0) is 22.4. The van der Waals surface area contributed by atoms with E-state index in [1.54, 1.807) is 0 Å². The molecular formula is C23H23FN2O4S. The van der Waals surface area contributed by atoms with Gasteiger partial charge in [-0.2, -0.15) is 0 Å². The van der Waals surface area contributed by atoms with Crippen LogP contribution >= 0.6 is 0 Å². The molecule has 0 aliphatic rings. The van der Waals surface area contributed by atoms with Gasteiger partial charge < -0.3 is 10.1 Å². The lowest BCUT2D eigenvalue weighted by atomic mass is 10.2. The van der Waals surface area contributed by atoms with Crippen LogP contribution in [0.5, 0.6) is 5.75 Å². The highest BCUT2D eigenvalue weighted by Crippen LogP contribution is 2.20. The topological polar surface area (TPSA) is 84.5 Å². The minimum atomic E-state index is -4.06. The van der Waals surface area contributed by atoms with E-state index in [4.69, 9.17) is 4.74 Å². The van der Waals surface area contributed by atoms with Crippen molar-refractivity contribution in [2.24, 2.45) is 0 Å². The number of amides is 1. The summed E-state index contributed by atoms with van der Waals surface area (Å²) in [6.45, 7) is 4.15. The first-order valence-corrected chi connectivity index (χ1v) is 11.1. The summed E-state index contributed by atoms with van der Waals surface area (Å²) in [6.07, 6.45) is 0.0713. The molecule has 6 nitrogen and oxygen atoms in total. The Kier molecular flexibility index (Phi) is 6.91. The number of benzene rings is 3. The molecule has 31 heavy (non-hydrogen) atoms. The maximum absolute atomic E-state index is 13.8. The van der Waals surface area contributed by atoms with Crippen LogP contribution in [-0.2, 0) is 16.6 Å². The number of hydrogen-bond donors (Lipinski definition) is 2. The highest BCUT2D eigenvalue weighted by Gasteiger charge is 2.18. The van der Waals surface area contributed by atoms with Gasteiger partial charge in [0, 0.05) is 12.1 Å². The van der Waals surface area contributed by atoms with Crippen molar-refractivity contribution in [3.8, 4) is 5.75 Å². The van der Waals surface area contributed by atoms with E-state index >= 15 is 0 Å². The molecule has 3 aromatic rings. The predicted octanol–water partition coefficient (Wildman–Crippen LogP) is 4.34. The molecule has 0 atom stereocenters. The number of ether oxygens (including phenoxy) is 1. The molecule has 2 N–H and O–H groups in total. The number of rotatable bonds is 8. The lowest BCUT2D eigenvalue weighted by molar-refractivity contribution is 0.0950. The number of anilines is 1. The second-order valence-corrected chi connectivity index (χ2v) is 8.79. The van der Waals surface area contributed by atoms with E-state index in [0.29, 0.717) is 0 Å². The molecule has 3 rings (SSSR count). The molecule has 0 fully saturated rings. The summed E-state index contributed by atoms with van der Waals surface area (Å²) in [5.41, 5.74) is 0.882. The molecule has 0 heterocycles. The average Bonchev–Trinajstić information content (AvgIpc) is 2.74. The molecule has 0 radical (unpaired) electrons. The molecule has 0 saturated heterocycles. The van der Waals surface area contributed by atoms with Crippen molar-refractivity contribution in [1.82, 2.24) is 5.32 Å². The molecule has 3 aromatic carbocycles. The van der Waals surface area contributed by atoms with Crippen LogP contribution in [0.4, 0.5) is 10.1 Å². The number of hydrogen-bond acceptors (Lipinski definition) is 4. The lowest BCUT2D eigenvalue weighted by Crippen LogP contribution is -2.23. The minimum absolute atomic E-state index is 0.0713. The molecule has 0 saturated carbocycles. The van der Waals surface area contributed by atoms with Crippen LogP contribution in [0.15, 0.2) is 77.7 Å². The summed E-state index contributed by atoms with van der Waals surface area (Å²) >= 11 is 0. The van der Waals surface area contributed by atoms with Gasteiger partial charge in [-0.1, -0.05) is 30.3 Å². The van der Waals surface area contributed by atoms with Crippen LogP contribution in [0, 0.1) is 5.82 Å². The van der Waals surface area contributed by atoms with E-state index < -0.39 is 21.7 Å². The van der Waals surface area contributed by atoms with Crippen molar-refractivity contribution in [3.05, 3.63) is 89.7 Å². The first-order valence-electron chi connectivity index (χ1n) is 9.66. The van der Waals surface area contributed by atoms with Crippen LogP contribution < -0.4 is 14.8 Å². The van der Waals surface area contributed by atoms with Gasteiger partial charge in [-0.25, -0.2) is 12.8 Å². The van der Waals surface area contributed by atoms with Crippen molar-refractivity contribution >= 4 is 21.6 Å². The Labute approximate surface area is 181 Å². The fraction of sp³-hybridized carbons (Fsp3) is 0.174. The van der Waals surface area contributed by atoms with Crippen LogP contribution in [0.1, 0.15) is 29.8 Å². The van der Waals surface area contributed by atoms with Gasteiger partial charge in [0.1, 0.15) is 11.6 Å². The first kappa shape index (κ1) is 22.3. The molecule has 0 spiro atoms. The van der Waals surface area contributed by atoms with E-state index in [-0.39, 0.29) is 28.8 Å². The minimum Gasteiger partial charge on any atom is -0.491 e. The Morgan fingerprint density at radius 2 is 1.71 bits per heavy atom. The normalized spacial score (nSPS) is 11.2. The zero-order valence-electron chi connectivity index (χ0n) is 17.1. The Morgan fingerprint density at radius 3 is 2.39 bits per heavy atom. The number of sulfonamides is 1. The average molecular weight is 443 g/mol. The van der Waals surface area contributed by atoms with Gasteiger partial charge in [-0.3, -0.25) is 9.52 Å². The summed E-state index contributed by atoms with van der Waals surface area (Å²) in [6, 6.07) is 18.4. The largest absolute Gasteiger partial charge is 0.491 e. The monoisotopic (exact) mass is 442 g/mol. The van der Waals surface area contributed by atoms with Gasteiger partial charge in [0.15, 0.2) is 0 Å². The number of carbonyl (C=O) groups is 1. The van der Waals surface area contributed by atoms with Crippen LogP contribution in [0.25, 0.3) is 0 Å². The highest BCUT2D eigenvalue weighted by atomic mass is 32.2. The zero-order valence-corrected chi connectivity index (χ0v) is 17.9. The third kappa shape index (κ3) is 6.05. The van der Waals surface area contributed by atoms with Gasteiger partial charge in [0.05, 0.1) is 16.7 Å². The molecule has 0 bridgehead atoms. The van der Waals surface area contributed by atoms with Crippen molar-refractivity contribution in [1.29, 1.82) is 0 Å². The number of halogens is 1. The molecular weight excluding hydrogens is 419 g/mol. The van der Waals surface area contributed by atoms with Crippen molar-refractivity contribution in [2.45, 2.75) is 31.4 Å². The number of nitrogens with one attached hydrogen (secondary N) is 2. The van der Waals surface area contributed by atoms with Crippen LogP contribution in [-0.4, -0.2) is 20.4 Å². The quantitative estimate of drug-likeness (QED) is 0.543. The highest BCUT2D eigenvalue weighted by molar-refractivity contribution is 7.92. The molecule has 0 aliphatic carbocycles. The standard InChI is InChI=1S/C23H23FN2O4S/c1-16(2)30-19-12-10-17(11-13-19)15-25-23(27)18-6-5-7-20(14-18)31(28,29)26-22-9-4-3-8-21(22)24/h3-14,16,26H,15H2,1-2H3,(H,25,27). The maximum Gasteiger partial charge on any atom is 0.262 e. The number of para-hydroxylation sites is 1. The molecule has 1 amide bonds. The van der Waals surface area contributed by atoms with E-state index in [9.17, 15) is 17.6 Å². The SMILES string of the molecule is CC(C)Oc1ccc(CNC(=O)c2cccc(S(=O)(=O)Nc3ccccc3F)c2)cc1. The third-order valence-electron chi connectivity index (χ3n) is 4.27. The smallest absolute Gasteiger partial charge is 0.262 e. The third-order valence-corrected chi connectivity index (χ3v) is 5.64. The van der Waals surface area contributed by atoms with Crippen molar-refractivity contribution < 1.29 is 22.3 Å². The van der Waals surface area contributed by atoms with Gasteiger partial charge in [0.25, 0.3) is 15.9 Å². The molecule has 8 heteroatoms. The van der Waals surface area contributed by atoms with Gasteiger partial charge in [0.2, 0.25) is 0 Å². The maximum atomic E-state index is 13.8. The lowest BCUT2D eigenvalue weighted by Gasteiger charge is -2.11. The summed E-state index contributed by atoms with van der Waals surface area (Å²) < 4.78 is 46.8. The Bertz CT molecular complexity index is 1160. The van der Waals surface area contributed by atoms with Crippen molar-refractivity contribution in [2.75, 3.05) is 4.72 Å². The van der Waals surface area contributed by atoms with Gasteiger partial charge >= 0.3 is 0 Å². The van der Waals surface area contributed by atoms with Crippen LogP contribution in [0.2, 0.25) is 0 Å². The molecule has 0 aliphatic heterocycles. The van der Waals surface area contributed by atoms with E-state index in [2.05, 4.69) is 10.0 Å². The first-order chi connectivity index (χ1) is 14.7. The summed E-state index contributed by atoms with van der Waals surface area (Å²) in [7, 11) is -4.06. The summed E-state index contributed by atoms with van der Waals surface area (Å²) in [4.78, 5) is 12.4. The van der Waals surface area contributed by atoms with Crippen LogP contribution in [0.3, 0.4) is 0 Å². The Morgan fingerprint density at radius 1 is 1.00 bits per heavy atom. The fourth-order valence-corrected chi connectivity index (χ4v) is 3.91. The van der Waals surface area contributed by atoms with E-state index in [1.807, 2.05) is 38.1 Å². The predicted molar refractivity (Wildman–Crippen MR) is 117 cm³/mol. The second-order valence-electron chi connectivity index (χ2n) is 7.11. The second kappa shape index (κ2) is 9.61. The van der Waals surface area contributed by atoms with Gasteiger partial charge in [-0.15, -0.1) is 0 Å². The Balaban J connectivity index is 1.68. The Hall–Kier alpha value is -3.39. The van der Waals surface area contributed by atoms with Crippen molar-refractivity contribution in [3.63, 3.8) is 0 Å². The molecule has 0 aromatic heterocycles. The molecule has 162 valence electrons. The summed E-state index contributed by atoms with van der Waals surface area (Å²) in [5.74, 6) is -0.374. The number of carbonyl (C=O) groups excluding carboxylic acids is 1. The van der Waals surface area contributed by atoms with Gasteiger partial charge in [-0.05, 0) is 61.9 Å². The molecule has 0 unspecified atom stereocenters. The fourth-order valence-electron chi connectivity index (χ4n) is 2.79. The summed E-state index contributed by atoms with van der Waals surface area (Å²) in [5, 5.41) is 2.76.